The number of aromatic amines is 1. The fourth-order valence-corrected chi connectivity index (χ4v) is 3.40. The van der Waals surface area contributed by atoms with E-state index in [1.807, 2.05) is 17.7 Å². The molecule has 0 bridgehead atoms. The Morgan fingerprint density at radius 1 is 1.28 bits per heavy atom. The summed E-state index contributed by atoms with van der Waals surface area (Å²) < 4.78 is 7.59. The summed E-state index contributed by atoms with van der Waals surface area (Å²) in [6.45, 7) is 3.67. The summed E-state index contributed by atoms with van der Waals surface area (Å²) in [5.74, 6) is 1.70. The number of aromatic nitrogens is 5. The van der Waals surface area contributed by atoms with Crippen molar-refractivity contribution in [2.75, 3.05) is 13.7 Å². The minimum absolute atomic E-state index is 0.184. The van der Waals surface area contributed by atoms with Crippen molar-refractivity contribution in [3.63, 3.8) is 0 Å². The van der Waals surface area contributed by atoms with E-state index in [9.17, 15) is 0 Å². The lowest BCUT2D eigenvalue weighted by Gasteiger charge is -2.22. The molecule has 2 atom stereocenters. The highest BCUT2D eigenvalue weighted by atomic mass is 16.5. The van der Waals surface area contributed by atoms with E-state index in [1.165, 1.54) is 5.56 Å². The van der Waals surface area contributed by atoms with E-state index < -0.39 is 0 Å². The van der Waals surface area contributed by atoms with Crippen LogP contribution in [0.4, 0.5) is 0 Å². The summed E-state index contributed by atoms with van der Waals surface area (Å²) in [7, 11) is 1.77. The molecule has 7 heteroatoms. The highest BCUT2D eigenvalue weighted by molar-refractivity contribution is 5.34. The molecule has 3 aromatic rings. The van der Waals surface area contributed by atoms with E-state index in [4.69, 9.17) is 4.74 Å². The van der Waals surface area contributed by atoms with Gasteiger partial charge in [-0.15, -0.1) is 0 Å². The number of benzene rings is 1. The molecule has 0 saturated carbocycles. The molecule has 3 heterocycles. The van der Waals surface area contributed by atoms with Crippen molar-refractivity contribution in [1.29, 1.82) is 0 Å². The van der Waals surface area contributed by atoms with Crippen molar-refractivity contribution in [3.8, 4) is 5.69 Å². The number of hydrogen-bond donors (Lipinski definition) is 1. The molecule has 1 aromatic carbocycles. The monoisotopic (exact) mass is 338 g/mol. The van der Waals surface area contributed by atoms with E-state index >= 15 is 0 Å². The number of imidazole rings is 1. The Morgan fingerprint density at radius 3 is 2.76 bits per heavy atom. The smallest absolute Gasteiger partial charge is 0.167 e. The molecule has 4 rings (SSSR count). The Morgan fingerprint density at radius 2 is 2.12 bits per heavy atom. The van der Waals surface area contributed by atoms with Crippen LogP contribution in [0.15, 0.2) is 43.0 Å². The van der Waals surface area contributed by atoms with E-state index in [1.54, 1.807) is 19.6 Å². The van der Waals surface area contributed by atoms with Crippen LogP contribution in [0.3, 0.4) is 0 Å². The molecule has 0 radical (unpaired) electrons. The Hall–Kier alpha value is -2.51. The zero-order valence-electron chi connectivity index (χ0n) is 14.5. The maximum absolute atomic E-state index is 5.59. The lowest BCUT2D eigenvalue weighted by molar-refractivity contribution is 0.107. The van der Waals surface area contributed by atoms with Gasteiger partial charge < -0.3 is 9.30 Å². The molecule has 7 nitrogen and oxygen atoms in total. The van der Waals surface area contributed by atoms with E-state index in [0.29, 0.717) is 0 Å². The number of aryl methyl sites for hydroxylation is 1. The number of hydrogen-bond acceptors (Lipinski definition) is 5. The Labute approximate surface area is 146 Å². The molecular formula is C18H22N6O. The van der Waals surface area contributed by atoms with Crippen LogP contribution in [0, 0.1) is 6.92 Å². The SMILES string of the molecule is CO[C@@H]1C[C@@H](c2n[nH]c(C)n2)N(Cc2ccc(-n3ccnc3)cc2)C1. The van der Waals surface area contributed by atoms with Crippen LogP contribution >= 0.6 is 0 Å². The van der Waals surface area contributed by atoms with Crippen LogP contribution in [0.25, 0.3) is 5.69 Å². The zero-order valence-corrected chi connectivity index (χ0v) is 14.5. The number of nitrogens with zero attached hydrogens (tertiary/aromatic N) is 5. The van der Waals surface area contributed by atoms with Crippen LogP contribution in [0.2, 0.25) is 0 Å². The first-order chi connectivity index (χ1) is 12.2. The number of H-pyrrole nitrogens is 1. The Kier molecular flexibility index (Phi) is 4.33. The van der Waals surface area contributed by atoms with E-state index in [2.05, 4.69) is 49.3 Å². The predicted octanol–water partition coefficient (Wildman–Crippen LogP) is 2.26. The molecule has 0 amide bonds. The Balaban J connectivity index is 1.51. The first kappa shape index (κ1) is 16.0. The topological polar surface area (TPSA) is 71.9 Å². The van der Waals surface area contributed by atoms with Crippen molar-refractivity contribution < 1.29 is 4.74 Å². The summed E-state index contributed by atoms with van der Waals surface area (Å²) in [5.41, 5.74) is 2.37. The van der Waals surface area contributed by atoms with Gasteiger partial charge in [0.05, 0.1) is 18.5 Å². The molecule has 1 saturated heterocycles. The maximum Gasteiger partial charge on any atom is 0.167 e. The second kappa shape index (κ2) is 6.78. The van der Waals surface area contributed by atoms with Crippen LogP contribution in [0.1, 0.15) is 29.7 Å². The van der Waals surface area contributed by atoms with Gasteiger partial charge in [0.15, 0.2) is 5.82 Å². The molecule has 1 aliphatic rings. The van der Waals surface area contributed by atoms with E-state index in [0.717, 1.165) is 36.8 Å². The highest BCUT2D eigenvalue weighted by Gasteiger charge is 2.35. The fourth-order valence-electron chi connectivity index (χ4n) is 3.40. The average Bonchev–Trinajstić information content (AvgIpc) is 3.36. The van der Waals surface area contributed by atoms with Crippen molar-refractivity contribution in [2.45, 2.75) is 32.0 Å². The van der Waals surface area contributed by atoms with Gasteiger partial charge in [-0.1, -0.05) is 12.1 Å². The van der Waals surface area contributed by atoms with Gasteiger partial charge in [-0.3, -0.25) is 10.00 Å². The minimum Gasteiger partial charge on any atom is -0.380 e. The first-order valence-electron chi connectivity index (χ1n) is 8.46. The van der Waals surface area contributed by atoms with Gasteiger partial charge in [0.1, 0.15) is 5.82 Å². The third-order valence-electron chi connectivity index (χ3n) is 4.74. The van der Waals surface area contributed by atoms with Crippen molar-refractivity contribution in [2.24, 2.45) is 0 Å². The summed E-state index contributed by atoms with van der Waals surface area (Å²) >= 11 is 0. The van der Waals surface area contributed by atoms with Crippen LogP contribution in [-0.2, 0) is 11.3 Å². The molecule has 0 unspecified atom stereocenters. The third kappa shape index (κ3) is 3.33. The van der Waals surface area contributed by atoms with Gasteiger partial charge in [-0.05, 0) is 31.0 Å². The lowest BCUT2D eigenvalue weighted by Crippen LogP contribution is -2.25. The van der Waals surface area contributed by atoms with Gasteiger partial charge in [0.25, 0.3) is 0 Å². The van der Waals surface area contributed by atoms with E-state index in [-0.39, 0.29) is 12.1 Å². The van der Waals surface area contributed by atoms with Gasteiger partial charge >= 0.3 is 0 Å². The molecule has 0 spiro atoms. The molecule has 25 heavy (non-hydrogen) atoms. The average molecular weight is 338 g/mol. The Bertz CT molecular complexity index is 810. The van der Waals surface area contributed by atoms with Crippen molar-refractivity contribution >= 4 is 0 Å². The van der Waals surface area contributed by atoms with Gasteiger partial charge in [0, 0.05) is 38.3 Å². The van der Waals surface area contributed by atoms with Crippen LogP contribution in [-0.4, -0.2) is 49.4 Å². The lowest BCUT2D eigenvalue weighted by atomic mass is 10.1. The zero-order chi connectivity index (χ0) is 17.2. The second-order valence-electron chi connectivity index (χ2n) is 6.45. The second-order valence-corrected chi connectivity index (χ2v) is 6.45. The summed E-state index contributed by atoms with van der Waals surface area (Å²) in [5, 5.41) is 7.31. The third-order valence-corrected chi connectivity index (χ3v) is 4.74. The molecule has 0 aliphatic carbocycles. The van der Waals surface area contributed by atoms with Gasteiger partial charge in [-0.25, -0.2) is 9.97 Å². The molecule has 1 N–H and O–H groups in total. The first-order valence-corrected chi connectivity index (χ1v) is 8.46. The summed E-state index contributed by atoms with van der Waals surface area (Å²) in [6.07, 6.45) is 6.67. The molecular weight excluding hydrogens is 316 g/mol. The number of rotatable bonds is 5. The molecule has 1 aliphatic heterocycles. The predicted molar refractivity (Wildman–Crippen MR) is 93.2 cm³/mol. The number of likely N-dealkylation sites (tertiary alicyclic amines) is 1. The molecule has 130 valence electrons. The maximum atomic E-state index is 5.59. The standard InChI is InChI=1S/C18H22N6O/c1-13-20-18(22-21-13)17-9-16(25-2)11-24(17)10-14-3-5-15(6-4-14)23-8-7-19-12-23/h3-8,12,16-17H,9-11H2,1-2H3,(H,20,21,22)/t16-,17+/m1/s1. The highest BCUT2D eigenvalue weighted by Crippen LogP contribution is 2.32. The quantitative estimate of drug-likeness (QED) is 0.772. The number of nitrogens with one attached hydrogen (secondary N) is 1. The van der Waals surface area contributed by atoms with Crippen LogP contribution < -0.4 is 0 Å². The van der Waals surface area contributed by atoms with Gasteiger partial charge in [0.2, 0.25) is 0 Å². The minimum atomic E-state index is 0.184. The normalized spacial score (nSPS) is 21.0. The van der Waals surface area contributed by atoms with Gasteiger partial charge in [-0.2, -0.15) is 5.10 Å². The molecule has 2 aromatic heterocycles. The number of ether oxygens (including phenoxy) is 1. The number of methoxy groups -OCH3 is 1. The van der Waals surface area contributed by atoms with Crippen molar-refractivity contribution in [3.05, 3.63) is 60.2 Å². The molecule has 1 fully saturated rings. The van der Waals surface area contributed by atoms with Crippen molar-refractivity contribution in [1.82, 2.24) is 29.6 Å². The largest absolute Gasteiger partial charge is 0.380 e. The summed E-state index contributed by atoms with van der Waals surface area (Å²) in [6, 6.07) is 8.74. The van der Waals surface area contributed by atoms with Crippen LogP contribution in [0.5, 0.6) is 0 Å². The summed E-state index contributed by atoms with van der Waals surface area (Å²) in [4.78, 5) is 11.0. The fraction of sp³-hybridized carbons (Fsp3) is 0.389.